The van der Waals surface area contributed by atoms with Crippen molar-refractivity contribution in [3.8, 4) is 11.5 Å². The van der Waals surface area contributed by atoms with Crippen molar-refractivity contribution >= 4 is 15.9 Å². The van der Waals surface area contributed by atoms with Crippen molar-refractivity contribution in [1.82, 2.24) is 0 Å². The molecule has 1 aliphatic carbocycles. The van der Waals surface area contributed by atoms with E-state index in [2.05, 4.69) is 49.7 Å². The van der Waals surface area contributed by atoms with E-state index in [0.29, 0.717) is 17.6 Å². The van der Waals surface area contributed by atoms with Crippen LogP contribution in [-0.2, 0) is 5.41 Å². The van der Waals surface area contributed by atoms with Crippen LogP contribution in [0.4, 0.5) is 0 Å². The Morgan fingerprint density at radius 3 is 2.55 bits per heavy atom. The van der Waals surface area contributed by atoms with E-state index in [1.54, 1.807) is 0 Å². The molecule has 29 heavy (non-hydrogen) atoms. The molecule has 3 rings (SSSR count). The number of aliphatic hydroxyl groups is 1. The van der Waals surface area contributed by atoms with Crippen molar-refractivity contribution in [2.75, 3.05) is 11.9 Å². The number of ether oxygens (including phenoxy) is 1. The van der Waals surface area contributed by atoms with E-state index >= 15 is 0 Å². The predicted octanol–water partition coefficient (Wildman–Crippen LogP) is 6.68. The Hall–Kier alpha value is -0.740. The number of unbranched alkanes of at least 4 members (excludes halogenated alkanes) is 3. The van der Waals surface area contributed by atoms with Crippen molar-refractivity contribution in [1.29, 1.82) is 0 Å². The highest BCUT2D eigenvalue weighted by Crippen LogP contribution is 2.56. The summed E-state index contributed by atoms with van der Waals surface area (Å²) >= 11 is 3.51. The summed E-state index contributed by atoms with van der Waals surface area (Å²) in [6.45, 7) is 9.16. The lowest BCUT2D eigenvalue weighted by Crippen LogP contribution is -2.47. The van der Waals surface area contributed by atoms with Crippen molar-refractivity contribution < 1.29 is 14.9 Å². The second kappa shape index (κ2) is 9.18. The van der Waals surface area contributed by atoms with E-state index in [0.717, 1.165) is 47.9 Å². The van der Waals surface area contributed by atoms with Crippen LogP contribution in [0, 0.1) is 11.8 Å². The van der Waals surface area contributed by atoms with Gasteiger partial charge in [-0.3, -0.25) is 0 Å². The Balaban J connectivity index is 1.85. The van der Waals surface area contributed by atoms with E-state index in [1.165, 1.54) is 25.7 Å². The number of hydrogen-bond acceptors (Lipinski definition) is 3. The van der Waals surface area contributed by atoms with Gasteiger partial charge in [0.2, 0.25) is 0 Å². The molecule has 1 aromatic rings. The van der Waals surface area contributed by atoms with Gasteiger partial charge in [-0.15, -0.1) is 0 Å². The monoisotopic (exact) mass is 466 g/mol. The van der Waals surface area contributed by atoms with Crippen LogP contribution in [-0.4, -0.2) is 27.8 Å². The zero-order valence-electron chi connectivity index (χ0n) is 18.6. The Morgan fingerprint density at radius 1 is 1.14 bits per heavy atom. The number of halogens is 1. The summed E-state index contributed by atoms with van der Waals surface area (Å²) in [5, 5.41) is 21.9. The Morgan fingerprint density at radius 2 is 1.86 bits per heavy atom. The first kappa shape index (κ1) is 22.9. The lowest BCUT2D eigenvalue weighted by atomic mass is 9.63. The van der Waals surface area contributed by atoms with Crippen LogP contribution in [0.3, 0.4) is 0 Å². The van der Waals surface area contributed by atoms with Crippen molar-refractivity contribution in [2.45, 2.75) is 96.0 Å². The number of rotatable bonds is 8. The Bertz CT molecular complexity index is 698. The molecule has 0 amide bonds. The van der Waals surface area contributed by atoms with Crippen molar-refractivity contribution in [3.63, 3.8) is 0 Å². The molecule has 1 fully saturated rings. The molecule has 1 aliphatic heterocycles. The van der Waals surface area contributed by atoms with Gasteiger partial charge in [0.25, 0.3) is 0 Å². The van der Waals surface area contributed by atoms with E-state index in [4.69, 9.17) is 4.74 Å². The molecule has 2 unspecified atom stereocenters. The van der Waals surface area contributed by atoms with Crippen LogP contribution in [0.15, 0.2) is 12.1 Å². The maximum Gasteiger partial charge on any atom is 0.127 e. The second-order valence-electron chi connectivity index (χ2n) is 10.4. The summed E-state index contributed by atoms with van der Waals surface area (Å²) in [7, 11) is 0. The SMILES string of the molecule is CC(C)(CCCCCCBr)c1cc(O)c2c(c1)OC(C)(C)C1CCC(CO)C[C@@H]21. The average molecular weight is 467 g/mol. The summed E-state index contributed by atoms with van der Waals surface area (Å²) < 4.78 is 6.50. The molecular weight excluding hydrogens is 428 g/mol. The summed E-state index contributed by atoms with van der Waals surface area (Å²) in [6, 6.07) is 4.17. The first-order valence-electron chi connectivity index (χ1n) is 11.4. The zero-order chi connectivity index (χ0) is 21.2. The standard InChI is InChI=1S/C25H39BrO3/c1-24(2,11-7-5-6-8-12-26)18-14-21(28)23-19-13-17(16-27)9-10-20(19)25(3,4)29-22(23)15-18/h14-15,17,19-20,27-28H,5-13,16H2,1-4H3/t17?,19-,20?/m1/s1. The molecule has 2 aliphatic rings. The molecule has 4 heteroatoms. The summed E-state index contributed by atoms with van der Waals surface area (Å²) in [5.41, 5.74) is 1.90. The molecule has 164 valence electrons. The number of hydrogen-bond donors (Lipinski definition) is 2. The highest BCUT2D eigenvalue weighted by atomic mass is 79.9. The fraction of sp³-hybridized carbons (Fsp3) is 0.760. The molecule has 0 bridgehead atoms. The number of benzene rings is 1. The molecule has 0 spiro atoms. The fourth-order valence-corrected chi connectivity index (χ4v) is 5.95. The van der Waals surface area contributed by atoms with E-state index in [1.807, 2.05) is 6.07 Å². The number of alkyl halides is 1. The Labute approximate surface area is 185 Å². The van der Waals surface area contributed by atoms with Gasteiger partial charge in [0.05, 0.1) is 0 Å². The van der Waals surface area contributed by atoms with E-state index in [9.17, 15) is 10.2 Å². The normalized spacial score (nSPS) is 25.8. The van der Waals surface area contributed by atoms with Crippen LogP contribution in [0.2, 0.25) is 0 Å². The largest absolute Gasteiger partial charge is 0.508 e. The van der Waals surface area contributed by atoms with Crippen LogP contribution >= 0.6 is 15.9 Å². The highest BCUT2D eigenvalue weighted by Gasteiger charge is 2.47. The third-order valence-corrected chi connectivity index (χ3v) is 8.00. The molecule has 1 aromatic carbocycles. The average Bonchev–Trinajstić information content (AvgIpc) is 2.66. The van der Waals surface area contributed by atoms with Gasteiger partial charge in [-0.1, -0.05) is 49.0 Å². The molecular formula is C25H39BrO3. The van der Waals surface area contributed by atoms with Gasteiger partial charge < -0.3 is 14.9 Å². The minimum absolute atomic E-state index is 0.00542. The highest BCUT2D eigenvalue weighted by molar-refractivity contribution is 9.09. The first-order valence-corrected chi connectivity index (χ1v) is 12.5. The maximum absolute atomic E-state index is 11.1. The maximum atomic E-state index is 11.1. The van der Waals surface area contributed by atoms with Crippen LogP contribution < -0.4 is 4.74 Å². The van der Waals surface area contributed by atoms with Crippen molar-refractivity contribution in [2.24, 2.45) is 11.8 Å². The summed E-state index contributed by atoms with van der Waals surface area (Å²) in [5.74, 6) is 2.22. The third kappa shape index (κ3) is 4.95. The van der Waals surface area contributed by atoms with Gasteiger partial charge in [-0.2, -0.15) is 0 Å². The van der Waals surface area contributed by atoms with Gasteiger partial charge in [0, 0.05) is 23.4 Å². The molecule has 2 N–H and O–H groups in total. The zero-order valence-corrected chi connectivity index (χ0v) is 20.2. The van der Waals surface area contributed by atoms with Crippen molar-refractivity contribution in [3.05, 3.63) is 23.3 Å². The van der Waals surface area contributed by atoms with E-state index < -0.39 is 0 Å². The minimum Gasteiger partial charge on any atom is -0.508 e. The van der Waals surface area contributed by atoms with Crippen LogP contribution in [0.25, 0.3) is 0 Å². The lowest BCUT2D eigenvalue weighted by Gasteiger charge is -2.49. The van der Waals surface area contributed by atoms with Gasteiger partial charge in [-0.25, -0.2) is 0 Å². The second-order valence-corrected chi connectivity index (χ2v) is 11.2. The molecule has 0 saturated heterocycles. The van der Waals surface area contributed by atoms with Crippen LogP contribution in [0.5, 0.6) is 11.5 Å². The smallest absolute Gasteiger partial charge is 0.127 e. The molecule has 1 saturated carbocycles. The van der Waals surface area contributed by atoms with Crippen LogP contribution in [0.1, 0.15) is 96.1 Å². The number of phenols is 1. The van der Waals surface area contributed by atoms with Gasteiger partial charge in [0.1, 0.15) is 17.1 Å². The van der Waals surface area contributed by atoms with Gasteiger partial charge in [0.15, 0.2) is 0 Å². The number of fused-ring (bicyclic) bond motifs is 3. The fourth-order valence-electron chi connectivity index (χ4n) is 5.55. The molecule has 3 atom stereocenters. The number of phenolic OH excluding ortho intramolecular Hbond substituents is 1. The number of aliphatic hydroxyl groups excluding tert-OH is 1. The summed E-state index contributed by atoms with van der Waals surface area (Å²) in [4.78, 5) is 0. The molecule has 0 aromatic heterocycles. The summed E-state index contributed by atoms with van der Waals surface area (Å²) in [6.07, 6.45) is 9.09. The predicted molar refractivity (Wildman–Crippen MR) is 123 cm³/mol. The minimum atomic E-state index is -0.247. The molecule has 1 heterocycles. The lowest BCUT2D eigenvalue weighted by molar-refractivity contribution is -0.0211. The topological polar surface area (TPSA) is 49.7 Å². The number of aromatic hydroxyl groups is 1. The van der Waals surface area contributed by atoms with Gasteiger partial charge in [-0.05, 0) is 80.9 Å². The first-order chi connectivity index (χ1) is 13.7. The quantitative estimate of drug-likeness (QED) is 0.331. The molecule has 0 radical (unpaired) electrons. The third-order valence-electron chi connectivity index (χ3n) is 7.44. The van der Waals surface area contributed by atoms with E-state index in [-0.39, 0.29) is 23.5 Å². The Kier molecular flexibility index (Phi) is 7.26. The molecule has 3 nitrogen and oxygen atoms in total. The van der Waals surface area contributed by atoms with Gasteiger partial charge >= 0.3 is 0 Å².